The largest absolute Gasteiger partial charge is 0.434 e. The van der Waals surface area contributed by atoms with Crippen LogP contribution in [0.5, 0.6) is 5.75 Å². The molecule has 0 heterocycles. The van der Waals surface area contributed by atoms with E-state index in [9.17, 15) is 8.78 Å². The third kappa shape index (κ3) is 2.92. The van der Waals surface area contributed by atoms with Crippen LogP contribution in [0.2, 0.25) is 0 Å². The van der Waals surface area contributed by atoms with Crippen LogP contribution >= 0.6 is 31.9 Å². The lowest BCUT2D eigenvalue weighted by Crippen LogP contribution is -2.03. The summed E-state index contributed by atoms with van der Waals surface area (Å²) in [6.07, 6.45) is 0.757. The van der Waals surface area contributed by atoms with Gasteiger partial charge < -0.3 is 4.74 Å². The van der Waals surface area contributed by atoms with Crippen molar-refractivity contribution in [3.8, 4) is 5.75 Å². The SMILES string of the molecule is CCc1cc(OC(F)F)c(Br)cc1Br. The van der Waals surface area contributed by atoms with Crippen molar-refractivity contribution in [2.24, 2.45) is 0 Å². The number of rotatable bonds is 3. The molecular formula is C9H8Br2F2O. The molecule has 5 heteroatoms. The van der Waals surface area contributed by atoms with E-state index >= 15 is 0 Å². The molecule has 0 aliphatic carbocycles. The summed E-state index contributed by atoms with van der Waals surface area (Å²) in [7, 11) is 0. The normalized spacial score (nSPS) is 10.7. The van der Waals surface area contributed by atoms with E-state index in [0.29, 0.717) is 4.47 Å². The monoisotopic (exact) mass is 328 g/mol. The lowest BCUT2D eigenvalue weighted by atomic mass is 10.2. The molecule has 0 saturated heterocycles. The first kappa shape index (κ1) is 11.9. The number of halogens is 4. The molecule has 0 radical (unpaired) electrons. The fourth-order valence-corrected chi connectivity index (χ4v) is 2.40. The van der Waals surface area contributed by atoms with Gasteiger partial charge in [-0.3, -0.25) is 0 Å². The number of hydrogen-bond acceptors (Lipinski definition) is 1. The lowest BCUT2D eigenvalue weighted by Gasteiger charge is -2.09. The van der Waals surface area contributed by atoms with E-state index in [4.69, 9.17) is 0 Å². The van der Waals surface area contributed by atoms with E-state index in [1.165, 1.54) is 0 Å². The van der Waals surface area contributed by atoms with Gasteiger partial charge in [0, 0.05) is 4.47 Å². The molecule has 0 fully saturated rings. The molecule has 0 unspecified atom stereocenters. The average molecular weight is 330 g/mol. The molecule has 0 amide bonds. The summed E-state index contributed by atoms with van der Waals surface area (Å²) >= 11 is 6.49. The van der Waals surface area contributed by atoms with Crippen LogP contribution in [-0.2, 0) is 6.42 Å². The number of hydrogen-bond donors (Lipinski definition) is 0. The summed E-state index contributed by atoms with van der Waals surface area (Å²) in [6.45, 7) is -0.850. The summed E-state index contributed by atoms with van der Waals surface area (Å²) < 4.78 is 29.7. The second kappa shape index (κ2) is 5.07. The summed E-state index contributed by atoms with van der Waals surface area (Å²) in [4.78, 5) is 0. The molecule has 0 spiro atoms. The summed E-state index contributed by atoms with van der Waals surface area (Å²) in [5.74, 6) is 0.167. The highest BCUT2D eigenvalue weighted by molar-refractivity contribution is 9.11. The van der Waals surface area contributed by atoms with Crippen LogP contribution in [0.25, 0.3) is 0 Å². The average Bonchev–Trinajstić information content (AvgIpc) is 2.09. The molecule has 0 aliphatic rings. The van der Waals surface area contributed by atoms with Crippen molar-refractivity contribution in [1.82, 2.24) is 0 Å². The fourth-order valence-electron chi connectivity index (χ4n) is 1.03. The zero-order valence-corrected chi connectivity index (χ0v) is 10.5. The molecule has 0 bridgehead atoms. The van der Waals surface area contributed by atoms with Gasteiger partial charge >= 0.3 is 6.61 Å². The Morgan fingerprint density at radius 3 is 2.43 bits per heavy atom. The summed E-state index contributed by atoms with van der Waals surface area (Å²) in [6, 6.07) is 3.30. The van der Waals surface area contributed by atoms with Crippen LogP contribution in [0.3, 0.4) is 0 Å². The first-order valence-electron chi connectivity index (χ1n) is 3.97. The Labute approximate surface area is 97.7 Å². The summed E-state index contributed by atoms with van der Waals surface area (Å²) in [5, 5.41) is 0. The van der Waals surface area contributed by atoms with Crippen molar-refractivity contribution in [3.63, 3.8) is 0 Å². The Hall–Kier alpha value is -0.160. The Morgan fingerprint density at radius 1 is 1.29 bits per heavy atom. The van der Waals surface area contributed by atoms with E-state index in [1.807, 2.05) is 6.92 Å². The Kier molecular flexibility index (Phi) is 4.31. The van der Waals surface area contributed by atoms with E-state index in [1.54, 1.807) is 12.1 Å². The van der Waals surface area contributed by atoms with Crippen LogP contribution in [0.1, 0.15) is 12.5 Å². The number of alkyl halides is 2. The second-order valence-corrected chi connectivity index (χ2v) is 4.31. The molecule has 14 heavy (non-hydrogen) atoms. The second-order valence-electron chi connectivity index (χ2n) is 2.61. The highest BCUT2D eigenvalue weighted by Crippen LogP contribution is 2.32. The molecule has 0 saturated carbocycles. The van der Waals surface area contributed by atoms with Crippen molar-refractivity contribution in [1.29, 1.82) is 0 Å². The van der Waals surface area contributed by atoms with E-state index in [0.717, 1.165) is 16.5 Å². The third-order valence-corrected chi connectivity index (χ3v) is 3.06. The predicted octanol–water partition coefficient (Wildman–Crippen LogP) is 4.38. The molecule has 0 atom stereocenters. The Balaban J connectivity index is 3.04. The first-order valence-corrected chi connectivity index (χ1v) is 5.56. The van der Waals surface area contributed by atoms with E-state index in [-0.39, 0.29) is 5.75 Å². The molecule has 1 aromatic carbocycles. The number of benzene rings is 1. The Morgan fingerprint density at radius 2 is 1.93 bits per heavy atom. The zero-order valence-electron chi connectivity index (χ0n) is 7.36. The molecule has 1 rings (SSSR count). The van der Waals surface area contributed by atoms with Gasteiger partial charge in [0.25, 0.3) is 0 Å². The van der Waals surface area contributed by atoms with E-state index < -0.39 is 6.61 Å². The van der Waals surface area contributed by atoms with Crippen molar-refractivity contribution < 1.29 is 13.5 Å². The number of ether oxygens (including phenoxy) is 1. The predicted molar refractivity (Wildman–Crippen MR) is 57.9 cm³/mol. The smallest absolute Gasteiger partial charge is 0.387 e. The van der Waals surface area contributed by atoms with E-state index in [2.05, 4.69) is 36.6 Å². The lowest BCUT2D eigenvalue weighted by molar-refractivity contribution is -0.0504. The Bertz CT molecular complexity index is 329. The summed E-state index contributed by atoms with van der Waals surface area (Å²) in [5.41, 5.74) is 0.934. The van der Waals surface area contributed by atoms with Gasteiger partial charge in [-0.1, -0.05) is 22.9 Å². The van der Waals surface area contributed by atoms with Gasteiger partial charge in [-0.05, 0) is 40.0 Å². The molecule has 78 valence electrons. The fraction of sp³-hybridized carbons (Fsp3) is 0.333. The van der Waals surface area contributed by atoms with Gasteiger partial charge in [0.1, 0.15) is 5.75 Å². The minimum Gasteiger partial charge on any atom is -0.434 e. The molecule has 0 aliphatic heterocycles. The van der Waals surface area contributed by atoms with Gasteiger partial charge in [0.05, 0.1) is 4.47 Å². The van der Waals surface area contributed by atoms with Crippen LogP contribution in [-0.4, -0.2) is 6.61 Å². The first-order chi connectivity index (χ1) is 6.54. The van der Waals surface area contributed by atoms with Crippen molar-refractivity contribution in [2.75, 3.05) is 0 Å². The topological polar surface area (TPSA) is 9.23 Å². The molecule has 1 aromatic rings. The van der Waals surface area contributed by atoms with Crippen molar-refractivity contribution >= 4 is 31.9 Å². The minimum absolute atomic E-state index is 0.167. The minimum atomic E-state index is -2.79. The van der Waals surface area contributed by atoms with Gasteiger partial charge in [0.2, 0.25) is 0 Å². The van der Waals surface area contributed by atoms with Gasteiger partial charge in [-0.25, -0.2) is 0 Å². The van der Waals surface area contributed by atoms with Crippen molar-refractivity contribution in [3.05, 3.63) is 26.6 Å². The maximum absolute atomic E-state index is 12.0. The molecule has 0 aromatic heterocycles. The molecular weight excluding hydrogens is 322 g/mol. The number of aryl methyl sites for hydroxylation is 1. The standard InChI is InChI=1S/C9H8Br2F2O/c1-2-5-3-8(14-9(12)13)7(11)4-6(5)10/h3-4,9H,2H2,1H3. The third-order valence-electron chi connectivity index (χ3n) is 1.70. The van der Waals surface area contributed by atoms with Gasteiger partial charge in [-0.15, -0.1) is 0 Å². The van der Waals surface area contributed by atoms with Crippen LogP contribution < -0.4 is 4.74 Å². The highest BCUT2D eigenvalue weighted by Gasteiger charge is 2.10. The van der Waals surface area contributed by atoms with Gasteiger partial charge in [0.15, 0.2) is 0 Å². The van der Waals surface area contributed by atoms with Crippen LogP contribution in [0.4, 0.5) is 8.78 Å². The maximum atomic E-state index is 12.0. The molecule has 0 N–H and O–H groups in total. The van der Waals surface area contributed by atoms with Gasteiger partial charge in [-0.2, -0.15) is 8.78 Å². The highest BCUT2D eigenvalue weighted by atomic mass is 79.9. The maximum Gasteiger partial charge on any atom is 0.387 e. The van der Waals surface area contributed by atoms with Crippen LogP contribution in [0, 0.1) is 0 Å². The zero-order chi connectivity index (χ0) is 10.7. The quantitative estimate of drug-likeness (QED) is 0.799. The molecule has 1 nitrogen and oxygen atoms in total. The van der Waals surface area contributed by atoms with Crippen molar-refractivity contribution in [2.45, 2.75) is 20.0 Å². The van der Waals surface area contributed by atoms with Crippen LogP contribution in [0.15, 0.2) is 21.1 Å².